The van der Waals surface area contributed by atoms with E-state index in [1.807, 2.05) is 39.0 Å². The Morgan fingerprint density at radius 3 is 2.33 bits per heavy atom. The van der Waals surface area contributed by atoms with Crippen LogP contribution in [0.5, 0.6) is 5.75 Å². The molecule has 33 heavy (non-hydrogen) atoms. The van der Waals surface area contributed by atoms with E-state index in [-0.39, 0.29) is 35.5 Å². The molecule has 1 amide bonds. The van der Waals surface area contributed by atoms with Crippen LogP contribution in [-0.2, 0) is 14.8 Å². The molecule has 1 N–H and O–H groups in total. The number of amides is 1. The second-order valence-corrected chi connectivity index (χ2v) is 10.2. The summed E-state index contributed by atoms with van der Waals surface area (Å²) in [4.78, 5) is 27.3. The fraction of sp³-hybridized carbons (Fsp3) is 0.440. The van der Waals surface area contributed by atoms with E-state index >= 15 is 0 Å². The molecule has 2 aromatic rings. The van der Waals surface area contributed by atoms with Crippen LogP contribution in [0.3, 0.4) is 0 Å². The number of nitrogens with zero attached hydrogens (tertiary/aromatic N) is 1. The molecule has 0 aromatic heterocycles. The van der Waals surface area contributed by atoms with Gasteiger partial charge in [-0.15, -0.1) is 0 Å². The van der Waals surface area contributed by atoms with E-state index in [0.29, 0.717) is 38.3 Å². The van der Waals surface area contributed by atoms with E-state index < -0.39 is 10.0 Å². The monoisotopic (exact) mass is 472 g/mol. The predicted molar refractivity (Wildman–Crippen MR) is 127 cm³/mol. The number of hydrogen-bond acceptors (Lipinski definition) is 5. The molecule has 0 spiro atoms. The van der Waals surface area contributed by atoms with Crippen molar-refractivity contribution in [2.75, 3.05) is 26.2 Å². The summed E-state index contributed by atoms with van der Waals surface area (Å²) in [5, 5.41) is 0. The van der Waals surface area contributed by atoms with Crippen molar-refractivity contribution in [2.24, 2.45) is 5.92 Å². The second kappa shape index (κ2) is 10.9. The largest absolute Gasteiger partial charge is 0.494 e. The van der Waals surface area contributed by atoms with E-state index in [1.54, 1.807) is 17.0 Å². The summed E-state index contributed by atoms with van der Waals surface area (Å²) in [5.74, 6) is 0.546. The number of carbonyl (C=O) groups excluding carboxylic acids is 2. The van der Waals surface area contributed by atoms with Crippen LogP contribution in [0.15, 0.2) is 47.4 Å². The molecule has 8 heteroatoms. The van der Waals surface area contributed by atoms with E-state index in [9.17, 15) is 18.0 Å². The summed E-state index contributed by atoms with van der Waals surface area (Å²) in [6.45, 7) is 7.35. The zero-order valence-corrected chi connectivity index (χ0v) is 20.3. The van der Waals surface area contributed by atoms with Gasteiger partial charge in [-0.2, -0.15) is 0 Å². The molecule has 0 unspecified atom stereocenters. The lowest BCUT2D eigenvalue weighted by molar-refractivity contribution is -0.132. The molecule has 1 aliphatic heterocycles. The Morgan fingerprint density at radius 1 is 1.06 bits per heavy atom. The van der Waals surface area contributed by atoms with Crippen molar-refractivity contribution < 1.29 is 22.7 Å². The van der Waals surface area contributed by atoms with Crippen LogP contribution >= 0.6 is 0 Å². The third-order valence-electron chi connectivity index (χ3n) is 5.94. The third kappa shape index (κ3) is 6.42. The van der Waals surface area contributed by atoms with E-state index in [1.165, 1.54) is 12.1 Å². The Bertz CT molecular complexity index is 1090. The minimum atomic E-state index is -3.70. The number of rotatable bonds is 9. The van der Waals surface area contributed by atoms with Crippen molar-refractivity contribution in [3.8, 4) is 5.75 Å². The Balaban J connectivity index is 1.46. The normalized spacial score (nSPS) is 14.8. The quantitative estimate of drug-likeness (QED) is 0.564. The molecule has 178 valence electrons. The number of nitrogens with one attached hydrogen (secondary N) is 1. The van der Waals surface area contributed by atoms with Crippen molar-refractivity contribution >= 4 is 21.7 Å². The third-order valence-corrected chi connectivity index (χ3v) is 7.42. The van der Waals surface area contributed by atoms with Gasteiger partial charge in [-0.1, -0.05) is 23.8 Å². The SMILES string of the molecule is CCOc1ccc(S(=O)(=O)NCCC(=O)N2CCC(C(=O)c3ccc(C)cc3C)CC2)cc1. The highest BCUT2D eigenvalue weighted by Crippen LogP contribution is 2.24. The number of Topliss-reactive ketones (excluding diaryl/α,β-unsaturated/α-hetero) is 1. The first-order valence-corrected chi connectivity index (χ1v) is 12.8. The van der Waals surface area contributed by atoms with Gasteiger partial charge in [0.25, 0.3) is 0 Å². The van der Waals surface area contributed by atoms with Crippen LogP contribution in [0.2, 0.25) is 0 Å². The van der Waals surface area contributed by atoms with Gasteiger partial charge in [0.1, 0.15) is 5.75 Å². The first-order valence-electron chi connectivity index (χ1n) is 11.3. The van der Waals surface area contributed by atoms with Crippen molar-refractivity contribution in [2.45, 2.75) is 44.9 Å². The zero-order chi connectivity index (χ0) is 24.0. The van der Waals surface area contributed by atoms with Crippen molar-refractivity contribution in [1.29, 1.82) is 0 Å². The number of piperidine rings is 1. The van der Waals surface area contributed by atoms with Gasteiger partial charge >= 0.3 is 0 Å². The molecule has 1 heterocycles. The van der Waals surface area contributed by atoms with Gasteiger partial charge in [-0.3, -0.25) is 9.59 Å². The maximum atomic E-state index is 12.9. The summed E-state index contributed by atoms with van der Waals surface area (Å²) in [5.41, 5.74) is 2.87. The average Bonchev–Trinajstić information content (AvgIpc) is 2.79. The lowest BCUT2D eigenvalue weighted by atomic mass is 9.87. The second-order valence-electron chi connectivity index (χ2n) is 8.39. The molecule has 0 radical (unpaired) electrons. The summed E-state index contributed by atoms with van der Waals surface area (Å²) in [6, 6.07) is 12.0. The number of carbonyl (C=O) groups is 2. The molecule has 0 aliphatic carbocycles. The fourth-order valence-corrected chi connectivity index (χ4v) is 5.15. The van der Waals surface area contributed by atoms with Gasteiger partial charge in [-0.25, -0.2) is 13.1 Å². The molecule has 2 aromatic carbocycles. The van der Waals surface area contributed by atoms with Gasteiger partial charge in [0, 0.05) is 37.5 Å². The van der Waals surface area contributed by atoms with Crippen LogP contribution in [0.4, 0.5) is 0 Å². The molecule has 0 bridgehead atoms. The Labute approximate surface area is 196 Å². The predicted octanol–water partition coefficient (Wildman–Crippen LogP) is 3.49. The molecule has 7 nitrogen and oxygen atoms in total. The molecular formula is C25H32N2O5S. The average molecular weight is 473 g/mol. The van der Waals surface area contributed by atoms with Gasteiger partial charge in [0.2, 0.25) is 15.9 Å². The van der Waals surface area contributed by atoms with Crippen LogP contribution in [0.1, 0.15) is 47.7 Å². The van der Waals surface area contributed by atoms with Gasteiger partial charge in [-0.05, 0) is 63.4 Å². The van der Waals surface area contributed by atoms with Crippen LogP contribution in [0.25, 0.3) is 0 Å². The summed E-state index contributed by atoms with van der Waals surface area (Å²) in [6.07, 6.45) is 1.32. The molecule has 1 fully saturated rings. The lowest BCUT2D eigenvalue weighted by Crippen LogP contribution is -2.41. The Kier molecular flexibility index (Phi) is 8.26. The molecule has 0 atom stereocenters. The number of hydrogen-bond donors (Lipinski definition) is 1. The number of benzene rings is 2. The standard InChI is InChI=1S/C25H32N2O5S/c1-4-32-21-6-8-22(9-7-21)33(30,31)26-14-11-24(28)27-15-12-20(13-16-27)25(29)23-10-5-18(2)17-19(23)3/h5-10,17,20,26H,4,11-16H2,1-3H3. The molecule has 1 aliphatic rings. The smallest absolute Gasteiger partial charge is 0.240 e. The minimum absolute atomic E-state index is 0.0236. The van der Waals surface area contributed by atoms with E-state index in [4.69, 9.17) is 4.74 Å². The van der Waals surface area contributed by atoms with Crippen LogP contribution < -0.4 is 9.46 Å². The van der Waals surface area contributed by atoms with Crippen LogP contribution in [-0.4, -0.2) is 51.2 Å². The minimum Gasteiger partial charge on any atom is -0.494 e. The van der Waals surface area contributed by atoms with Gasteiger partial charge in [0.15, 0.2) is 5.78 Å². The van der Waals surface area contributed by atoms with Gasteiger partial charge in [0.05, 0.1) is 11.5 Å². The molecule has 3 rings (SSSR count). The molecule has 0 saturated carbocycles. The van der Waals surface area contributed by atoms with E-state index in [0.717, 1.165) is 16.7 Å². The highest BCUT2D eigenvalue weighted by molar-refractivity contribution is 7.89. The van der Waals surface area contributed by atoms with Crippen molar-refractivity contribution in [3.63, 3.8) is 0 Å². The first kappa shape index (κ1) is 24.9. The summed E-state index contributed by atoms with van der Waals surface area (Å²) in [7, 11) is -3.70. The first-order chi connectivity index (χ1) is 15.7. The topological polar surface area (TPSA) is 92.8 Å². The highest BCUT2D eigenvalue weighted by atomic mass is 32.2. The van der Waals surface area contributed by atoms with E-state index in [2.05, 4.69) is 4.72 Å². The number of ketones is 1. The van der Waals surface area contributed by atoms with Crippen molar-refractivity contribution in [3.05, 3.63) is 59.2 Å². The number of sulfonamides is 1. The van der Waals surface area contributed by atoms with Gasteiger partial charge < -0.3 is 9.64 Å². The highest BCUT2D eigenvalue weighted by Gasteiger charge is 2.28. The lowest BCUT2D eigenvalue weighted by Gasteiger charge is -2.31. The molecule has 1 saturated heterocycles. The maximum Gasteiger partial charge on any atom is 0.240 e. The summed E-state index contributed by atoms with van der Waals surface area (Å²) >= 11 is 0. The Morgan fingerprint density at radius 2 is 1.73 bits per heavy atom. The number of likely N-dealkylation sites (tertiary alicyclic amines) is 1. The Hall–Kier alpha value is -2.71. The molecular weight excluding hydrogens is 440 g/mol. The van der Waals surface area contributed by atoms with Crippen LogP contribution in [0, 0.1) is 19.8 Å². The zero-order valence-electron chi connectivity index (χ0n) is 19.5. The van der Waals surface area contributed by atoms with Crippen molar-refractivity contribution in [1.82, 2.24) is 9.62 Å². The number of aryl methyl sites for hydroxylation is 2. The number of ether oxygens (including phenoxy) is 1. The summed E-state index contributed by atoms with van der Waals surface area (Å²) < 4.78 is 32.7. The maximum absolute atomic E-state index is 12.9. The fourth-order valence-electron chi connectivity index (χ4n) is 4.12.